The highest BCUT2D eigenvalue weighted by Gasteiger charge is 2.10. The molecule has 0 saturated heterocycles. The zero-order chi connectivity index (χ0) is 24.5. The van der Waals surface area contributed by atoms with Gasteiger partial charge in [0.2, 0.25) is 5.95 Å². The van der Waals surface area contributed by atoms with E-state index in [9.17, 15) is 0 Å². The normalized spacial score (nSPS) is 10.8. The molecule has 0 saturated carbocycles. The second-order valence-electron chi connectivity index (χ2n) is 7.70. The number of hydrogen-bond acceptors (Lipinski definition) is 8. The first-order valence-electron chi connectivity index (χ1n) is 11.2. The number of nitrogens with zero attached hydrogens (tertiary/aromatic N) is 4. The summed E-state index contributed by atoms with van der Waals surface area (Å²) in [6.45, 7) is 2.41. The van der Waals surface area contributed by atoms with Crippen molar-refractivity contribution >= 4 is 12.2 Å². The van der Waals surface area contributed by atoms with Gasteiger partial charge in [-0.2, -0.15) is 20.1 Å². The van der Waals surface area contributed by atoms with Crippen LogP contribution in [0.25, 0.3) is 11.4 Å². The third kappa shape index (κ3) is 6.54. The van der Waals surface area contributed by atoms with Gasteiger partial charge in [-0.15, -0.1) is 0 Å². The highest BCUT2D eigenvalue weighted by Crippen LogP contribution is 2.27. The van der Waals surface area contributed by atoms with Crippen LogP contribution in [0.3, 0.4) is 0 Å². The van der Waals surface area contributed by atoms with Gasteiger partial charge in [-0.25, -0.2) is 5.43 Å². The molecule has 1 aromatic heterocycles. The van der Waals surface area contributed by atoms with Crippen molar-refractivity contribution in [1.29, 1.82) is 0 Å². The number of benzene rings is 3. The van der Waals surface area contributed by atoms with E-state index in [1.807, 2.05) is 79.7 Å². The summed E-state index contributed by atoms with van der Waals surface area (Å²) in [6, 6.07) is 23.7. The molecular formula is C27H27N5O3. The summed E-state index contributed by atoms with van der Waals surface area (Å²) < 4.78 is 16.6. The predicted molar refractivity (Wildman–Crippen MR) is 136 cm³/mol. The molecule has 0 aliphatic carbocycles. The molecule has 4 rings (SSSR count). The van der Waals surface area contributed by atoms with Gasteiger partial charge >= 0.3 is 6.01 Å². The summed E-state index contributed by atoms with van der Waals surface area (Å²) in [4.78, 5) is 13.4. The fraction of sp³-hybridized carbons (Fsp3) is 0.185. The highest BCUT2D eigenvalue weighted by molar-refractivity contribution is 5.80. The topological polar surface area (TPSA) is 90.8 Å². The van der Waals surface area contributed by atoms with E-state index in [1.165, 1.54) is 0 Å². The number of aromatic nitrogens is 3. The fourth-order valence-electron chi connectivity index (χ4n) is 3.40. The third-order valence-electron chi connectivity index (χ3n) is 5.14. The van der Waals surface area contributed by atoms with Crippen LogP contribution >= 0.6 is 0 Å². The number of hydrogen-bond donors (Lipinski definition) is 1. The summed E-state index contributed by atoms with van der Waals surface area (Å²) >= 11 is 0. The second-order valence-corrected chi connectivity index (χ2v) is 7.70. The van der Waals surface area contributed by atoms with Crippen LogP contribution in [0.2, 0.25) is 0 Å². The van der Waals surface area contributed by atoms with Gasteiger partial charge in [-0.05, 0) is 30.2 Å². The van der Waals surface area contributed by atoms with Crippen LogP contribution in [0.4, 0.5) is 5.95 Å². The quantitative estimate of drug-likeness (QED) is 0.260. The van der Waals surface area contributed by atoms with E-state index in [0.717, 1.165) is 22.3 Å². The lowest BCUT2D eigenvalue weighted by Crippen LogP contribution is -2.08. The van der Waals surface area contributed by atoms with Crippen molar-refractivity contribution in [3.05, 3.63) is 89.5 Å². The lowest BCUT2D eigenvalue weighted by atomic mass is 10.1. The molecule has 0 aliphatic heterocycles. The smallest absolute Gasteiger partial charge is 0.321 e. The van der Waals surface area contributed by atoms with E-state index in [2.05, 4.69) is 25.5 Å². The van der Waals surface area contributed by atoms with Crippen molar-refractivity contribution in [3.8, 4) is 28.9 Å². The number of methoxy groups -OCH3 is 2. The van der Waals surface area contributed by atoms with E-state index in [1.54, 1.807) is 20.4 Å². The minimum atomic E-state index is 0.215. The first-order valence-corrected chi connectivity index (χ1v) is 11.2. The van der Waals surface area contributed by atoms with Crippen molar-refractivity contribution in [1.82, 2.24) is 15.0 Å². The summed E-state index contributed by atoms with van der Waals surface area (Å²) in [5.74, 6) is 2.15. The number of aryl methyl sites for hydroxylation is 1. The molecule has 8 heteroatoms. The van der Waals surface area contributed by atoms with Gasteiger partial charge in [-0.1, -0.05) is 66.2 Å². The maximum Gasteiger partial charge on any atom is 0.321 e. The van der Waals surface area contributed by atoms with Gasteiger partial charge in [0.25, 0.3) is 0 Å². The highest BCUT2D eigenvalue weighted by atomic mass is 16.5. The van der Waals surface area contributed by atoms with Crippen molar-refractivity contribution in [2.24, 2.45) is 5.10 Å². The van der Waals surface area contributed by atoms with Crippen LogP contribution in [0.15, 0.2) is 77.9 Å². The van der Waals surface area contributed by atoms with Gasteiger partial charge < -0.3 is 14.2 Å². The van der Waals surface area contributed by atoms with Crippen LogP contribution in [-0.2, 0) is 6.42 Å². The van der Waals surface area contributed by atoms with Crippen LogP contribution in [0, 0.1) is 6.92 Å². The summed E-state index contributed by atoms with van der Waals surface area (Å²) in [6.07, 6.45) is 2.36. The monoisotopic (exact) mass is 469 g/mol. The van der Waals surface area contributed by atoms with Crippen LogP contribution in [0.1, 0.15) is 16.7 Å². The maximum atomic E-state index is 5.90. The molecule has 35 heavy (non-hydrogen) atoms. The molecule has 0 atom stereocenters. The van der Waals surface area contributed by atoms with Gasteiger partial charge in [0.05, 0.1) is 27.0 Å². The van der Waals surface area contributed by atoms with Crippen LogP contribution in [0.5, 0.6) is 17.5 Å². The summed E-state index contributed by atoms with van der Waals surface area (Å²) in [5.41, 5.74) is 6.92. The Kier molecular flexibility index (Phi) is 7.85. The van der Waals surface area contributed by atoms with Crippen molar-refractivity contribution in [3.63, 3.8) is 0 Å². The largest absolute Gasteiger partial charge is 0.493 e. The lowest BCUT2D eigenvalue weighted by Gasteiger charge is -2.10. The van der Waals surface area contributed by atoms with Gasteiger partial charge in [0, 0.05) is 12.0 Å². The number of ether oxygens (including phenoxy) is 3. The van der Waals surface area contributed by atoms with E-state index < -0.39 is 0 Å². The molecule has 0 bridgehead atoms. The maximum absolute atomic E-state index is 5.90. The van der Waals surface area contributed by atoms with E-state index in [-0.39, 0.29) is 6.01 Å². The van der Waals surface area contributed by atoms with E-state index >= 15 is 0 Å². The number of hydrazone groups is 1. The number of rotatable bonds is 10. The Balaban J connectivity index is 1.49. The molecule has 3 aromatic carbocycles. The van der Waals surface area contributed by atoms with Crippen molar-refractivity contribution in [2.45, 2.75) is 13.3 Å². The van der Waals surface area contributed by atoms with Crippen LogP contribution in [-0.4, -0.2) is 42.0 Å². The Morgan fingerprint density at radius 1 is 0.857 bits per heavy atom. The number of nitrogens with one attached hydrogen (secondary N) is 1. The first kappa shape index (κ1) is 23.7. The first-order chi connectivity index (χ1) is 17.1. The minimum absolute atomic E-state index is 0.215. The zero-order valence-electron chi connectivity index (χ0n) is 19.9. The lowest BCUT2D eigenvalue weighted by molar-refractivity contribution is 0.295. The Morgan fingerprint density at radius 3 is 2.46 bits per heavy atom. The molecule has 178 valence electrons. The summed E-state index contributed by atoms with van der Waals surface area (Å²) in [7, 11) is 3.23. The molecule has 1 heterocycles. The molecule has 0 unspecified atom stereocenters. The van der Waals surface area contributed by atoms with E-state index in [0.29, 0.717) is 36.3 Å². The molecule has 0 aliphatic rings. The molecule has 4 aromatic rings. The summed E-state index contributed by atoms with van der Waals surface area (Å²) in [5, 5.41) is 4.28. The zero-order valence-corrected chi connectivity index (χ0v) is 19.9. The molecule has 0 radical (unpaired) electrons. The molecule has 8 nitrogen and oxygen atoms in total. The van der Waals surface area contributed by atoms with Crippen molar-refractivity contribution in [2.75, 3.05) is 26.3 Å². The average molecular weight is 470 g/mol. The SMILES string of the molecule is COc1ccc(CCOc2nc(NN=Cc3cccc(C)c3)nc(-c3ccccc3)n2)cc1OC. The third-order valence-corrected chi connectivity index (χ3v) is 5.14. The number of anilines is 1. The molecule has 1 N–H and O–H groups in total. The fourth-order valence-corrected chi connectivity index (χ4v) is 3.40. The van der Waals surface area contributed by atoms with Crippen molar-refractivity contribution < 1.29 is 14.2 Å². The van der Waals surface area contributed by atoms with Gasteiger partial charge in [0.1, 0.15) is 0 Å². The molecule has 0 amide bonds. The van der Waals surface area contributed by atoms with E-state index in [4.69, 9.17) is 14.2 Å². The van der Waals surface area contributed by atoms with Crippen LogP contribution < -0.4 is 19.6 Å². The minimum Gasteiger partial charge on any atom is -0.493 e. The Morgan fingerprint density at radius 2 is 1.69 bits per heavy atom. The Hall–Kier alpha value is -4.46. The van der Waals surface area contributed by atoms with Gasteiger partial charge in [0.15, 0.2) is 17.3 Å². The predicted octanol–water partition coefficient (Wildman–Crippen LogP) is 4.93. The Labute approximate surface area is 204 Å². The van der Waals surface area contributed by atoms with Gasteiger partial charge in [-0.3, -0.25) is 0 Å². The molecular weight excluding hydrogens is 442 g/mol. The standard InChI is InChI=1S/C27H27N5O3/c1-19-8-7-9-21(16-19)18-28-32-26-29-25(22-10-5-4-6-11-22)30-27(31-26)35-15-14-20-12-13-23(33-2)24(17-20)34-3/h4-13,16-18H,14-15H2,1-3H3,(H,29,30,31,32). The molecule has 0 fully saturated rings. The Bertz CT molecular complexity index is 1300. The average Bonchev–Trinajstić information content (AvgIpc) is 2.89. The second kappa shape index (κ2) is 11.6. The molecule has 0 spiro atoms.